The number of rotatable bonds is 2. The van der Waals surface area contributed by atoms with E-state index in [1.54, 1.807) is 6.07 Å². The van der Waals surface area contributed by atoms with Gasteiger partial charge in [-0.2, -0.15) is 0 Å². The Kier molecular flexibility index (Phi) is 3.38. The normalized spacial score (nSPS) is 13.1. The largest absolute Gasteiger partial charge is 0.464 e. The van der Waals surface area contributed by atoms with Crippen molar-refractivity contribution in [3.63, 3.8) is 0 Å². The lowest BCUT2D eigenvalue weighted by Crippen LogP contribution is -2.11. The highest BCUT2D eigenvalue weighted by Crippen LogP contribution is 2.27. The molecule has 0 saturated heterocycles. The van der Waals surface area contributed by atoms with Gasteiger partial charge in [-0.05, 0) is 12.1 Å². The Balaban J connectivity index is 2.19. The molecule has 2 aromatic rings. The average Bonchev–Trinajstić information content (AvgIpc) is 2.94. The molecule has 0 spiro atoms. The van der Waals surface area contributed by atoms with Crippen LogP contribution >= 0.6 is 11.6 Å². The summed E-state index contributed by atoms with van der Waals surface area (Å²) in [5.41, 5.74) is 2.62. The van der Waals surface area contributed by atoms with Crippen LogP contribution in [-0.4, -0.2) is 23.0 Å². The zero-order chi connectivity index (χ0) is 14.1. The van der Waals surface area contributed by atoms with E-state index in [9.17, 15) is 4.79 Å². The van der Waals surface area contributed by atoms with Crippen LogP contribution in [0.3, 0.4) is 0 Å². The fourth-order valence-corrected chi connectivity index (χ4v) is 2.42. The van der Waals surface area contributed by atoms with Gasteiger partial charge in [-0.1, -0.05) is 23.7 Å². The summed E-state index contributed by atoms with van der Waals surface area (Å²) in [4.78, 5) is 20.7. The SMILES string of the molecule is COC(=O)c1nc(-c2ccccc2Cl)nc2c1CNC2. The number of esters is 1. The third-order valence-electron chi connectivity index (χ3n) is 3.18. The van der Waals surface area contributed by atoms with Gasteiger partial charge in [0.25, 0.3) is 0 Å². The Morgan fingerprint density at radius 2 is 2.10 bits per heavy atom. The molecule has 102 valence electrons. The number of methoxy groups -OCH3 is 1. The smallest absolute Gasteiger partial charge is 0.357 e. The van der Waals surface area contributed by atoms with E-state index in [0.717, 1.165) is 11.3 Å². The van der Waals surface area contributed by atoms with E-state index in [0.29, 0.717) is 35.2 Å². The number of nitrogens with zero attached hydrogens (tertiary/aromatic N) is 2. The molecule has 2 heterocycles. The highest BCUT2D eigenvalue weighted by Gasteiger charge is 2.24. The van der Waals surface area contributed by atoms with Crippen molar-refractivity contribution in [3.05, 3.63) is 46.2 Å². The van der Waals surface area contributed by atoms with Crippen LogP contribution in [0.5, 0.6) is 0 Å². The summed E-state index contributed by atoms with van der Waals surface area (Å²) in [5.74, 6) is -0.0147. The van der Waals surface area contributed by atoms with Gasteiger partial charge in [0.15, 0.2) is 11.5 Å². The summed E-state index contributed by atoms with van der Waals surface area (Å²) < 4.78 is 4.79. The molecule has 6 heteroatoms. The fraction of sp³-hybridized carbons (Fsp3) is 0.214. The number of carbonyl (C=O) groups excluding carboxylic acids is 1. The highest BCUT2D eigenvalue weighted by molar-refractivity contribution is 6.33. The molecule has 1 N–H and O–H groups in total. The monoisotopic (exact) mass is 289 g/mol. The Hall–Kier alpha value is -1.98. The molecule has 0 atom stereocenters. The van der Waals surface area contributed by atoms with E-state index < -0.39 is 5.97 Å². The van der Waals surface area contributed by atoms with Crippen LogP contribution in [0.1, 0.15) is 21.7 Å². The Labute approximate surface area is 121 Å². The molecule has 0 aliphatic carbocycles. The molecule has 1 aromatic carbocycles. The number of benzene rings is 1. The molecule has 5 nitrogen and oxygen atoms in total. The standard InChI is InChI=1S/C14H12ClN3O2/c1-20-14(19)12-9-6-16-7-11(9)17-13(18-12)8-4-2-3-5-10(8)15/h2-5,16H,6-7H2,1H3. The lowest BCUT2D eigenvalue weighted by atomic mass is 10.1. The lowest BCUT2D eigenvalue weighted by molar-refractivity contribution is 0.0592. The molecule has 1 aliphatic rings. The molecule has 1 aromatic heterocycles. The Bertz CT molecular complexity index is 688. The molecule has 0 bridgehead atoms. The van der Waals surface area contributed by atoms with E-state index in [1.807, 2.05) is 18.2 Å². The lowest BCUT2D eigenvalue weighted by Gasteiger charge is -2.09. The summed E-state index contributed by atoms with van der Waals surface area (Å²) in [7, 11) is 1.34. The molecule has 0 fully saturated rings. The minimum absolute atomic E-state index is 0.303. The minimum atomic E-state index is -0.458. The maximum absolute atomic E-state index is 11.9. The summed E-state index contributed by atoms with van der Waals surface area (Å²) in [6.45, 7) is 1.18. The number of aromatic nitrogens is 2. The van der Waals surface area contributed by atoms with E-state index in [4.69, 9.17) is 16.3 Å². The highest BCUT2D eigenvalue weighted by atomic mass is 35.5. The second kappa shape index (κ2) is 5.19. The summed E-state index contributed by atoms with van der Waals surface area (Å²) in [6.07, 6.45) is 0. The quantitative estimate of drug-likeness (QED) is 0.859. The van der Waals surface area contributed by atoms with Gasteiger partial charge in [0.2, 0.25) is 0 Å². The first-order valence-corrected chi connectivity index (χ1v) is 6.52. The molecular weight excluding hydrogens is 278 g/mol. The maximum Gasteiger partial charge on any atom is 0.357 e. The zero-order valence-corrected chi connectivity index (χ0v) is 11.6. The van der Waals surface area contributed by atoms with Crippen molar-refractivity contribution >= 4 is 17.6 Å². The number of nitrogens with one attached hydrogen (secondary N) is 1. The van der Waals surface area contributed by atoms with Gasteiger partial charge < -0.3 is 10.1 Å². The third kappa shape index (κ3) is 2.15. The molecule has 3 rings (SSSR count). The van der Waals surface area contributed by atoms with E-state index >= 15 is 0 Å². The predicted molar refractivity (Wildman–Crippen MR) is 74.4 cm³/mol. The molecule has 1 aliphatic heterocycles. The molecule has 0 radical (unpaired) electrons. The van der Waals surface area contributed by atoms with Crippen LogP contribution in [0.4, 0.5) is 0 Å². The summed E-state index contributed by atoms with van der Waals surface area (Å²) >= 11 is 6.16. The van der Waals surface area contributed by atoms with Crippen molar-refractivity contribution in [1.29, 1.82) is 0 Å². The van der Waals surface area contributed by atoms with E-state index in [2.05, 4.69) is 15.3 Å². The number of hydrogen-bond donors (Lipinski definition) is 1. The maximum atomic E-state index is 11.9. The number of carbonyl (C=O) groups is 1. The van der Waals surface area contributed by atoms with Gasteiger partial charge >= 0.3 is 5.97 Å². The summed E-state index contributed by atoms with van der Waals surface area (Å²) in [5, 5.41) is 3.71. The Morgan fingerprint density at radius 3 is 2.85 bits per heavy atom. The van der Waals surface area contributed by atoms with Gasteiger partial charge in [-0.3, -0.25) is 0 Å². The average molecular weight is 290 g/mol. The van der Waals surface area contributed by atoms with Crippen LogP contribution in [0.2, 0.25) is 5.02 Å². The zero-order valence-electron chi connectivity index (χ0n) is 10.8. The van der Waals surface area contributed by atoms with Crippen molar-refractivity contribution in [3.8, 4) is 11.4 Å². The predicted octanol–water partition coefficient (Wildman–Crippen LogP) is 2.19. The third-order valence-corrected chi connectivity index (χ3v) is 3.51. The van der Waals surface area contributed by atoms with Gasteiger partial charge in [-0.25, -0.2) is 14.8 Å². The van der Waals surface area contributed by atoms with Crippen LogP contribution in [-0.2, 0) is 17.8 Å². The number of hydrogen-bond acceptors (Lipinski definition) is 5. The molecule has 0 unspecified atom stereocenters. The van der Waals surface area contributed by atoms with Gasteiger partial charge in [0, 0.05) is 24.2 Å². The number of halogens is 1. The molecule has 0 saturated carbocycles. The van der Waals surface area contributed by atoms with Crippen LogP contribution < -0.4 is 5.32 Å². The first-order valence-electron chi connectivity index (χ1n) is 6.14. The van der Waals surface area contributed by atoms with Crippen molar-refractivity contribution < 1.29 is 9.53 Å². The van der Waals surface area contributed by atoms with Gasteiger partial charge in [0.1, 0.15) is 0 Å². The van der Waals surface area contributed by atoms with E-state index in [1.165, 1.54) is 7.11 Å². The van der Waals surface area contributed by atoms with Crippen molar-refractivity contribution in [1.82, 2.24) is 15.3 Å². The molecule has 20 heavy (non-hydrogen) atoms. The first kappa shape index (κ1) is 13.0. The van der Waals surface area contributed by atoms with Crippen LogP contribution in [0.25, 0.3) is 11.4 Å². The summed E-state index contributed by atoms with van der Waals surface area (Å²) in [6, 6.07) is 7.28. The van der Waals surface area contributed by atoms with Crippen LogP contribution in [0, 0.1) is 0 Å². The second-order valence-corrected chi connectivity index (χ2v) is 4.80. The van der Waals surface area contributed by atoms with Gasteiger partial charge in [-0.15, -0.1) is 0 Å². The van der Waals surface area contributed by atoms with E-state index in [-0.39, 0.29) is 0 Å². The topological polar surface area (TPSA) is 64.1 Å². The molecular formula is C14H12ClN3O2. The number of fused-ring (bicyclic) bond motifs is 1. The minimum Gasteiger partial charge on any atom is -0.464 e. The van der Waals surface area contributed by atoms with Crippen molar-refractivity contribution in [2.75, 3.05) is 7.11 Å². The van der Waals surface area contributed by atoms with Crippen molar-refractivity contribution in [2.24, 2.45) is 0 Å². The fourth-order valence-electron chi connectivity index (χ4n) is 2.20. The van der Waals surface area contributed by atoms with Crippen LogP contribution in [0.15, 0.2) is 24.3 Å². The second-order valence-electron chi connectivity index (χ2n) is 4.40. The van der Waals surface area contributed by atoms with Gasteiger partial charge in [0.05, 0.1) is 17.8 Å². The Morgan fingerprint density at radius 1 is 1.30 bits per heavy atom. The number of ether oxygens (including phenoxy) is 1. The molecule has 0 amide bonds. The van der Waals surface area contributed by atoms with Crippen molar-refractivity contribution in [2.45, 2.75) is 13.1 Å². The first-order chi connectivity index (χ1) is 9.70.